The molecule has 3 rings (SSSR count). The average Bonchev–Trinajstić information content (AvgIpc) is 3.23. The van der Waals surface area contributed by atoms with Gasteiger partial charge in [0.15, 0.2) is 16.4 Å². The molecule has 0 N–H and O–H groups in total. The van der Waals surface area contributed by atoms with Gasteiger partial charge in [-0.3, -0.25) is 9.59 Å². The summed E-state index contributed by atoms with van der Waals surface area (Å²) in [6.45, 7) is 1.73. The molecule has 0 radical (unpaired) electrons. The molecule has 8 nitrogen and oxygen atoms in total. The number of hydrogen-bond donors (Lipinski definition) is 0. The number of carbonyl (C=O) groups is 2. The Hall–Kier alpha value is -2.55. The fourth-order valence-corrected chi connectivity index (χ4v) is 5.15. The third kappa shape index (κ3) is 4.46. The molecule has 9 heteroatoms. The van der Waals surface area contributed by atoms with Crippen molar-refractivity contribution < 1.29 is 31.9 Å². The van der Waals surface area contributed by atoms with E-state index in [0.29, 0.717) is 29.9 Å². The van der Waals surface area contributed by atoms with Crippen LogP contribution >= 0.6 is 0 Å². The van der Waals surface area contributed by atoms with E-state index in [0.717, 1.165) is 5.39 Å². The molecule has 2 aromatic rings. The van der Waals surface area contributed by atoms with Crippen LogP contribution in [0.1, 0.15) is 18.9 Å². The van der Waals surface area contributed by atoms with Gasteiger partial charge in [-0.2, -0.15) is 0 Å². The number of sulfone groups is 1. The molecule has 1 saturated heterocycles. The molecule has 0 saturated carbocycles. The second-order valence-electron chi connectivity index (χ2n) is 6.70. The number of nitrogens with zero attached hydrogens (tertiary/aromatic N) is 1. The van der Waals surface area contributed by atoms with Crippen molar-refractivity contribution in [1.29, 1.82) is 0 Å². The Bertz CT molecular complexity index is 979. The Kier molecular flexibility index (Phi) is 5.93. The molecule has 28 heavy (non-hydrogen) atoms. The molecule has 1 fully saturated rings. The van der Waals surface area contributed by atoms with Gasteiger partial charge < -0.3 is 18.8 Å². The third-order valence-corrected chi connectivity index (χ3v) is 6.61. The second kappa shape index (κ2) is 8.22. The first kappa shape index (κ1) is 20.2. The van der Waals surface area contributed by atoms with Gasteiger partial charge in [-0.15, -0.1) is 0 Å². The first-order valence-electron chi connectivity index (χ1n) is 9.02. The van der Waals surface area contributed by atoms with Crippen LogP contribution in [0.5, 0.6) is 5.75 Å². The summed E-state index contributed by atoms with van der Waals surface area (Å²) in [6, 6.07) is 4.94. The standard InChI is InChI=1S/C19H23NO7S/c1-3-20(14-6-7-28(23,24)12-14)18(21)11-27-19(22)8-13-10-26-17-9-15(25-2)4-5-16(13)17/h4-5,9-10,14H,3,6-8,11-12H2,1-2H3/t14-/m0/s1. The van der Waals surface area contributed by atoms with Crippen molar-refractivity contribution >= 4 is 32.7 Å². The van der Waals surface area contributed by atoms with Crippen LogP contribution in [0.3, 0.4) is 0 Å². The van der Waals surface area contributed by atoms with Gasteiger partial charge in [0.1, 0.15) is 11.3 Å². The summed E-state index contributed by atoms with van der Waals surface area (Å²) >= 11 is 0. The van der Waals surface area contributed by atoms with E-state index in [2.05, 4.69) is 0 Å². The number of ether oxygens (including phenoxy) is 2. The van der Waals surface area contributed by atoms with Gasteiger partial charge in [0.25, 0.3) is 5.91 Å². The van der Waals surface area contributed by atoms with E-state index in [1.807, 2.05) is 0 Å². The lowest BCUT2D eigenvalue weighted by molar-refractivity contribution is -0.152. The van der Waals surface area contributed by atoms with Crippen LogP contribution in [0.25, 0.3) is 11.0 Å². The van der Waals surface area contributed by atoms with E-state index < -0.39 is 22.4 Å². The molecule has 1 atom stereocenters. The highest BCUT2D eigenvalue weighted by atomic mass is 32.2. The van der Waals surface area contributed by atoms with Crippen LogP contribution in [0.15, 0.2) is 28.9 Å². The minimum atomic E-state index is -3.10. The maximum Gasteiger partial charge on any atom is 0.310 e. The van der Waals surface area contributed by atoms with Crippen LogP contribution < -0.4 is 4.74 Å². The van der Waals surface area contributed by atoms with E-state index in [9.17, 15) is 18.0 Å². The molecule has 0 bridgehead atoms. The number of carbonyl (C=O) groups excluding carboxylic acids is 2. The van der Waals surface area contributed by atoms with E-state index >= 15 is 0 Å². The molecule has 0 aliphatic carbocycles. The van der Waals surface area contributed by atoms with Crippen molar-refractivity contribution in [2.75, 3.05) is 31.8 Å². The maximum absolute atomic E-state index is 12.4. The van der Waals surface area contributed by atoms with Gasteiger partial charge >= 0.3 is 5.97 Å². The molecule has 0 unspecified atom stereocenters. The van der Waals surface area contributed by atoms with Crippen molar-refractivity contribution in [1.82, 2.24) is 4.90 Å². The monoisotopic (exact) mass is 409 g/mol. The van der Waals surface area contributed by atoms with E-state index in [1.165, 1.54) is 11.2 Å². The minimum Gasteiger partial charge on any atom is -0.497 e. The smallest absolute Gasteiger partial charge is 0.310 e. The molecule has 1 aromatic heterocycles. The van der Waals surface area contributed by atoms with Gasteiger partial charge in [-0.25, -0.2) is 8.42 Å². The Morgan fingerprint density at radius 3 is 2.75 bits per heavy atom. The maximum atomic E-state index is 12.4. The molecule has 1 aliphatic rings. The normalized spacial score (nSPS) is 18.1. The molecular weight excluding hydrogens is 386 g/mol. The van der Waals surface area contributed by atoms with Crippen molar-refractivity contribution in [3.05, 3.63) is 30.0 Å². The van der Waals surface area contributed by atoms with Gasteiger partial charge in [0, 0.05) is 29.6 Å². The van der Waals surface area contributed by atoms with Gasteiger partial charge in [-0.05, 0) is 25.5 Å². The predicted molar refractivity (Wildman–Crippen MR) is 102 cm³/mol. The SMILES string of the molecule is CCN(C(=O)COC(=O)Cc1coc2cc(OC)ccc12)[C@H]1CCS(=O)(=O)C1. The van der Waals surface area contributed by atoms with Crippen molar-refractivity contribution in [2.24, 2.45) is 0 Å². The summed E-state index contributed by atoms with van der Waals surface area (Å²) < 4.78 is 39.0. The number of esters is 1. The van der Waals surface area contributed by atoms with Crippen molar-refractivity contribution in [3.8, 4) is 5.75 Å². The lowest BCUT2D eigenvalue weighted by Crippen LogP contribution is -2.43. The second-order valence-corrected chi connectivity index (χ2v) is 8.93. The highest BCUT2D eigenvalue weighted by Crippen LogP contribution is 2.26. The Morgan fingerprint density at radius 1 is 1.32 bits per heavy atom. The number of furan rings is 1. The van der Waals surface area contributed by atoms with E-state index in [1.54, 1.807) is 32.2 Å². The predicted octanol–water partition coefficient (Wildman–Crippen LogP) is 1.56. The van der Waals surface area contributed by atoms with E-state index in [-0.39, 0.29) is 29.9 Å². The van der Waals surface area contributed by atoms with Crippen LogP contribution in [0.4, 0.5) is 0 Å². The molecule has 152 valence electrons. The number of fused-ring (bicyclic) bond motifs is 1. The number of likely N-dealkylation sites (N-methyl/N-ethyl adjacent to an activating group) is 1. The summed E-state index contributed by atoms with van der Waals surface area (Å²) in [7, 11) is -1.54. The van der Waals surface area contributed by atoms with Gasteiger partial charge in [0.2, 0.25) is 0 Å². The topological polar surface area (TPSA) is 103 Å². The zero-order valence-corrected chi connectivity index (χ0v) is 16.7. The third-order valence-electron chi connectivity index (χ3n) is 4.86. The zero-order chi connectivity index (χ0) is 20.3. The number of rotatable bonds is 7. The number of methoxy groups -OCH3 is 1. The molecule has 1 amide bonds. The quantitative estimate of drug-likeness (QED) is 0.639. The fraction of sp³-hybridized carbons (Fsp3) is 0.474. The Morgan fingerprint density at radius 2 is 2.11 bits per heavy atom. The van der Waals surface area contributed by atoms with Crippen molar-refractivity contribution in [2.45, 2.75) is 25.8 Å². The van der Waals surface area contributed by atoms with E-state index in [4.69, 9.17) is 13.9 Å². The van der Waals surface area contributed by atoms with Crippen LogP contribution in [-0.2, 0) is 30.6 Å². The van der Waals surface area contributed by atoms with Crippen LogP contribution in [0.2, 0.25) is 0 Å². The first-order chi connectivity index (χ1) is 13.3. The fourth-order valence-electron chi connectivity index (χ4n) is 3.42. The molecule has 1 aliphatic heterocycles. The summed E-state index contributed by atoms with van der Waals surface area (Å²) in [6.07, 6.45) is 1.87. The summed E-state index contributed by atoms with van der Waals surface area (Å²) in [5.41, 5.74) is 1.25. The molecule has 2 heterocycles. The number of hydrogen-bond acceptors (Lipinski definition) is 7. The molecule has 0 spiro atoms. The van der Waals surface area contributed by atoms with Crippen LogP contribution in [-0.4, -0.2) is 63.0 Å². The summed E-state index contributed by atoms with van der Waals surface area (Å²) in [5.74, 6) is -0.248. The minimum absolute atomic E-state index is 0.0312. The average molecular weight is 409 g/mol. The largest absolute Gasteiger partial charge is 0.497 e. The lowest BCUT2D eigenvalue weighted by atomic mass is 10.1. The Balaban J connectivity index is 1.57. The lowest BCUT2D eigenvalue weighted by Gasteiger charge is -2.26. The van der Waals surface area contributed by atoms with Crippen molar-refractivity contribution in [3.63, 3.8) is 0 Å². The van der Waals surface area contributed by atoms with Gasteiger partial charge in [0.05, 0.1) is 31.3 Å². The highest BCUT2D eigenvalue weighted by molar-refractivity contribution is 7.91. The summed E-state index contributed by atoms with van der Waals surface area (Å²) in [5, 5.41) is 0.774. The number of benzene rings is 1. The summed E-state index contributed by atoms with van der Waals surface area (Å²) in [4.78, 5) is 26.0. The van der Waals surface area contributed by atoms with Crippen LogP contribution in [0, 0.1) is 0 Å². The first-order valence-corrected chi connectivity index (χ1v) is 10.8. The highest BCUT2D eigenvalue weighted by Gasteiger charge is 2.34. The molecule has 1 aromatic carbocycles. The zero-order valence-electron chi connectivity index (χ0n) is 15.8. The number of amides is 1. The molecular formula is C19H23NO7S. The Labute approximate surface area is 163 Å². The van der Waals surface area contributed by atoms with Gasteiger partial charge in [-0.1, -0.05) is 0 Å².